The van der Waals surface area contributed by atoms with Gasteiger partial charge in [0.15, 0.2) is 0 Å². The summed E-state index contributed by atoms with van der Waals surface area (Å²) >= 11 is 0. The molecule has 12 rings (SSSR count). The van der Waals surface area contributed by atoms with E-state index in [0.29, 0.717) is 28.2 Å². The lowest BCUT2D eigenvalue weighted by Crippen LogP contribution is -2.31. The van der Waals surface area contributed by atoms with E-state index in [1.807, 2.05) is 79.0 Å². The minimum atomic E-state index is -0.566. The van der Waals surface area contributed by atoms with Gasteiger partial charge in [0.1, 0.15) is 17.3 Å². The predicted octanol–water partition coefficient (Wildman–Crippen LogP) is 13.6. The number of pyridine rings is 1. The van der Waals surface area contributed by atoms with Gasteiger partial charge in [-0.1, -0.05) is 165 Å². The number of benzene rings is 8. The van der Waals surface area contributed by atoms with Crippen LogP contribution in [0.4, 0.5) is 0 Å². The minimum absolute atomic E-state index is 0.129. The summed E-state index contributed by atoms with van der Waals surface area (Å²) in [6.07, 6.45) is 5.44. The zero-order valence-corrected chi connectivity index (χ0v) is 33.6. The lowest BCUT2D eigenvalue weighted by molar-refractivity contribution is -0.571. The van der Waals surface area contributed by atoms with Crippen LogP contribution >= 0.6 is 0 Å². The van der Waals surface area contributed by atoms with Gasteiger partial charge in [0.2, 0.25) is 0 Å². The van der Waals surface area contributed by atoms with Crippen molar-refractivity contribution in [2.24, 2.45) is 0 Å². The normalized spacial score (nSPS) is 15.1. The molecule has 0 atom stereocenters. The van der Waals surface area contributed by atoms with E-state index in [1.54, 1.807) is 27.3 Å². The Balaban J connectivity index is 1.00. The fourth-order valence-electron chi connectivity index (χ4n) is 9.16. The molecule has 62 heavy (non-hydrogen) atoms. The quantitative estimate of drug-likeness (QED) is 0.119. The van der Waals surface area contributed by atoms with Crippen LogP contribution in [0, 0.1) is 6.33 Å². The SMILES string of the molecule is [2H]c1c([2H])c([2H])c(-c2cccc(-c3c([2H])c([2H])c([2H])c([2H])c3[2H])c2-[n+]2[c-]n(-c3cccc(Oc4ccc5c6ccccc6n(-c6cc7c(cn6)-c6ccccc6C7(C)C)c5c4)c3)c3ccccc32)c([2H])c1[2H]. The number of aromatic nitrogens is 4. The highest BCUT2D eigenvalue weighted by Crippen LogP contribution is 2.49. The standard InChI is InChI=1S/C57H40N4O/c1-57(2)49-27-11-9-23-45(49)48-36-58-55(35-50(48)57)61-51-28-12-10-24-46(51)47-32-31-42(34-54(47)61)62-41-22-15-21-40(33-41)59-37-60(53-30-14-13-29-52(53)59)56-43(38-17-5-3-6-18-38)25-16-26-44(56)39-19-7-4-8-20-39/h3-36H,1-2H3/i3D,4D,5D,6D,7D,8D,17D,18D,19D,20D. The highest BCUT2D eigenvalue weighted by molar-refractivity contribution is 6.09. The maximum atomic E-state index is 9.02. The zero-order valence-electron chi connectivity index (χ0n) is 43.6. The molecule has 294 valence electrons. The monoisotopic (exact) mass is 806 g/mol. The van der Waals surface area contributed by atoms with Crippen LogP contribution < -0.4 is 9.30 Å². The molecule has 5 nitrogen and oxygen atoms in total. The van der Waals surface area contributed by atoms with Crippen molar-refractivity contribution < 1.29 is 23.0 Å². The number of para-hydroxylation sites is 4. The average molecular weight is 807 g/mol. The van der Waals surface area contributed by atoms with E-state index in [4.69, 9.17) is 23.4 Å². The highest BCUT2D eigenvalue weighted by Gasteiger charge is 2.36. The topological polar surface area (TPSA) is 35.9 Å². The summed E-state index contributed by atoms with van der Waals surface area (Å²) in [6.45, 7) is 4.51. The molecule has 0 bridgehead atoms. The first-order valence-electron chi connectivity index (χ1n) is 25.3. The third-order valence-electron chi connectivity index (χ3n) is 12.0. The largest absolute Gasteiger partial charge is 0.458 e. The van der Waals surface area contributed by atoms with Crippen LogP contribution in [0.15, 0.2) is 206 Å². The van der Waals surface area contributed by atoms with Crippen molar-refractivity contribution in [2.45, 2.75) is 19.3 Å². The molecule has 3 heterocycles. The fraction of sp³-hybridized carbons (Fsp3) is 0.0526. The van der Waals surface area contributed by atoms with Gasteiger partial charge >= 0.3 is 0 Å². The predicted molar refractivity (Wildman–Crippen MR) is 251 cm³/mol. The van der Waals surface area contributed by atoms with E-state index >= 15 is 0 Å². The molecule has 0 amide bonds. The third kappa shape index (κ3) is 5.62. The van der Waals surface area contributed by atoms with Crippen LogP contribution in [0.1, 0.15) is 38.7 Å². The van der Waals surface area contributed by atoms with Gasteiger partial charge in [-0.25, -0.2) is 4.98 Å². The fourth-order valence-corrected chi connectivity index (χ4v) is 9.16. The summed E-state index contributed by atoms with van der Waals surface area (Å²) in [6, 6.07) is 39.5. The van der Waals surface area contributed by atoms with E-state index in [9.17, 15) is 0 Å². The van der Waals surface area contributed by atoms with Gasteiger partial charge in [-0.05, 0) is 81.4 Å². The second-order valence-corrected chi connectivity index (χ2v) is 15.9. The van der Waals surface area contributed by atoms with Crippen molar-refractivity contribution in [3.8, 4) is 62.1 Å². The maximum Gasteiger partial charge on any atom is 0.269 e. The summed E-state index contributed by atoms with van der Waals surface area (Å²) in [5, 5.41) is 2.12. The summed E-state index contributed by atoms with van der Waals surface area (Å²) in [7, 11) is 0. The third-order valence-corrected chi connectivity index (χ3v) is 12.0. The number of hydrogen-bond donors (Lipinski definition) is 0. The van der Waals surface area contributed by atoms with Crippen LogP contribution in [-0.2, 0) is 5.41 Å². The lowest BCUT2D eigenvalue weighted by Gasteiger charge is -2.22. The highest BCUT2D eigenvalue weighted by atomic mass is 16.5. The van der Waals surface area contributed by atoms with Gasteiger partial charge in [-0.2, -0.15) is 0 Å². The molecule has 8 aromatic carbocycles. The molecule has 1 aliphatic carbocycles. The molecule has 0 aliphatic heterocycles. The Kier molecular flexibility index (Phi) is 6.10. The van der Waals surface area contributed by atoms with Crippen molar-refractivity contribution >= 4 is 32.8 Å². The van der Waals surface area contributed by atoms with Crippen LogP contribution in [0.3, 0.4) is 0 Å². The van der Waals surface area contributed by atoms with Crippen molar-refractivity contribution in [1.29, 1.82) is 0 Å². The van der Waals surface area contributed by atoms with Gasteiger partial charge in [0.05, 0.1) is 47.1 Å². The van der Waals surface area contributed by atoms with Gasteiger partial charge in [-0.15, -0.1) is 0 Å². The molecule has 0 fully saturated rings. The summed E-state index contributed by atoms with van der Waals surface area (Å²) in [5.41, 5.74) is 8.63. The minimum Gasteiger partial charge on any atom is -0.458 e. The Morgan fingerprint density at radius 1 is 0.565 bits per heavy atom. The first-order chi connectivity index (χ1) is 34.6. The Morgan fingerprint density at radius 3 is 2.00 bits per heavy atom. The molecule has 3 aromatic heterocycles. The Labute approximate surface area is 374 Å². The molecule has 0 radical (unpaired) electrons. The first kappa shape index (κ1) is 27.0. The van der Waals surface area contributed by atoms with Gasteiger partial charge in [-0.3, -0.25) is 13.7 Å². The maximum absolute atomic E-state index is 9.02. The number of imidazole rings is 1. The van der Waals surface area contributed by atoms with E-state index in [1.165, 1.54) is 16.7 Å². The molecule has 0 spiro atoms. The molecule has 1 aliphatic rings. The van der Waals surface area contributed by atoms with Crippen molar-refractivity contribution in [1.82, 2.24) is 14.1 Å². The number of nitrogens with zero attached hydrogens (tertiary/aromatic N) is 4. The molecule has 0 saturated carbocycles. The molecule has 0 unspecified atom stereocenters. The van der Waals surface area contributed by atoms with Crippen LogP contribution in [-0.4, -0.2) is 14.1 Å². The van der Waals surface area contributed by atoms with E-state index in [0.717, 1.165) is 33.2 Å². The first-order valence-corrected chi connectivity index (χ1v) is 20.3. The molecule has 0 saturated heterocycles. The van der Waals surface area contributed by atoms with E-state index in [-0.39, 0.29) is 33.4 Å². The molecule has 5 heteroatoms. The van der Waals surface area contributed by atoms with Crippen LogP contribution in [0.25, 0.3) is 83.4 Å². The second-order valence-electron chi connectivity index (χ2n) is 15.9. The molecular weight excluding hydrogens is 757 g/mol. The molecular formula is C57H40N4O. The smallest absolute Gasteiger partial charge is 0.269 e. The Bertz CT molecular complexity index is 4000. The number of hydrogen-bond acceptors (Lipinski definition) is 2. The van der Waals surface area contributed by atoms with Gasteiger partial charge < -0.3 is 4.74 Å². The van der Waals surface area contributed by atoms with Crippen molar-refractivity contribution in [3.05, 3.63) is 224 Å². The number of fused-ring (bicyclic) bond motifs is 7. The summed E-state index contributed by atoms with van der Waals surface area (Å²) < 4.78 is 99.4. The zero-order chi connectivity index (χ0) is 50.1. The average Bonchev–Trinajstić information content (AvgIpc) is 4.01. The molecule has 0 N–H and O–H groups in total. The van der Waals surface area contributed by atoms with Gasteiger partial charge in [0, 0.05) is 34.0 Å². The summed E-state index contributed by atoms with van der Waals surface area (Å²) in [5.74, 6) is 1.90. The van der Waals surface area contributed by atoms with Crippen LogP contribution in [0.2, 0.25) is 0 Å². The van der Waals surface area contributed by atoms with Crippen molar-refractivity contribution in [2.75, 3.05) is 0 Å². The second kappa shape index (κ2) is 14.0. The van der Waals surface area contributed by atoms with E-state index in [2.05, 4.69) is 73.3 Å². The number of ether oxygens (including phenoxy) is 1. The number of rotatable bonds is 7. The summed E-state index contributed by atoms with van der Waals surface area (Å²) in [4.78, 5) is 5.08. The lowest BCUT2D eigenvalue weighted by atomic mass is 9.83. The van der Waals surface area contributed by atoms with E-state index < -0.39 is 60.4 Å². The van der Waals surface area contributed by atoms with Crippen molar-refractivity contribution in [3.63, 3.8) is 0 Å². The van der Waals surface area contributed by atoms with Gasteiger partial charge in [0.25, 0.3) is 6.33 Å². The molecule has 11 aromatic rings. The Hall–Kier alpha value is -8.02. The Morgan fingerprint density at radius 2 is 1.21 bits per heavy atom. The van der Waals surface area contributed by atoms with Crippen LogP contribution in [0.5, 0.6) is 11.5 Å².